The van der Waals surface area contributed by atoms with Crippen molar-refractivity contribution in [3.63, 3.8) is 0 Å². The van der Waals surface area contributed by atoms with Crippen molar-refractivity contribution in [2.75, 3.05) is 26.4 Å². The lowest BCUT2D eigenvalue weighted by molar-refractivity contribution is 0.194. The summed E-state index contributed by atoms with van der Waals surface area (Å²) in [5.41, 5.74) is 1.19. The molecule has 1 rings (SSSR count). The minimum Gasteiger partial charge on any atom is -0.490 e. The van der Waals surface area contributed by atoms with Crippen molar-refractivity contribution in [2.45, 2.75) is 46.1 Å². The number of nitrogens with one attached hydrogen (secondary N) is 1. The molecular formula is C17H29NO3. The fourth-order valence-electron chi connectivity index (χ4n) is 2.12. The van der Waals surface area contributed by atoms with Crippen LogP contribution in [0.2, 0.25) is 0 Å². The van der Waals surface area contributed by atoms with Gasteiger partial charge in [0.25, 0.3) is 0 Å². The number of rotatable bonds is 12. The van der Waals surface area contributed by atoms with Gasteiger partial charge in [0.2, 0.25) is 0 Å². The highest BCUT2D eigenvalue weighted by Gasteiger charge is 2.06. The first kappa shape index (κ1) is 17.8. The van der Waals surface area contributed by atoms with Crippen LogP contribution in [0, 0.1) is 0 Å². The minimum absolute atomic E-state index is 0.00658. The van der Waals surface area contributed by atoms with Crippen molar-refractivity contribution in [1.29, 1.82) is 0 Å². The van der Waals surface area contributed by atoms with Gasteiger partial charge in [-0.2, -0.15) is 0 Å². The van der Waals surface area contributed by atoms with Gasteiger partial charge in [-0.25, -0.2) is 0 Å². The normalized spacial score (nSPS) is 10.6. The molecule has 1 aromatic rings. The van der Waals surface area contributed by atoms with Crippen molar-refractivity contribution < 1.29 is 14.6 Å². The Kier molecular flexibility index (Phi) is 9.66. The molecule has 0 radical (unpaired) electrons. The van der Waals surface area contributed by atoms with Crippen LogP contribution in [0.15, 0.2) is 18.2 Å². The summed E-state index contributed by atoms with van der Waals surface area (Å²) in [6, 6.07) is 5.96. The van der Waals surface area contributed by atoms with Gasteiger partial charge in [-0.3, -0.25) is 0 Å². The average molecular weight is 295 g/mol. The Labute approximate surface area is 128 Å². The van der Waals surface area contributed by atoms with Crippen LogP contribution in [-0.2, 0) is 6.54 Å². The van der Waals surface area contributed by atoms with Crippen LogP contribution in [0.3, 0.4) is 0 Å². The maximum Gasteiger partial charge on any atom is 0.161 e. The van der Waals surface area contributed by atoms with Crippen LogP contribution in [-0.4, -0.2) is 31.5 Å². The van der Waals surface area contributed by atoms with Crippen LogP contribution in [0.4, 0.5) is 0 Å². The van der Waals surface area contributed by atoms with E-state index in [4.69, 9.17) is 14.6 Å². The van der Waals surface area contributed by atoms with E-state index in [0.717, 1.165) is 18.8 Å². The molecule has 2 N–H and O–H groups in total. The highest BCUT2D eigenvalue weighted by Crippen LogP contribution is 2.28. The maximum atomic E-state index is 8.83. The van der Waals surface area contributed by atoms with E-state index >= 15 is 0 Å². The lowest BCUT2D eigenvalue weighted by atomic mass is 10.2. The summed E-state index contributed by atoms with van der Waals surface area (Å²) in [6.07, 6.45) is 5.10. The molecule has 4 heteroatoms. The number of hydrogen-bond donors (Lipinski definition) is 2. The summed E-state index contributed by atoms with van der Waals surface area (Å²) in [7, 11) is 0. The first-order valence-electron chi connectivity index (χ1n) is 8.01. The monoisotopic (exact) mass is 295 g/mol. The molecule has 0 aliphatic heterocycles. The van der Waals surface area contributed by atoms with Crippen LogP contribution in [0.25, 0.3) is 0 Å². The lowest BCUT2D eigenvalue weighted by Crippen LogP contribution is -2.14. The predicted molar refractivity (Wildman–Crippen MR) is 86.0 cm³/mol. The molecule has 0 amide bonds. The highest BCUT2D eigenvalue weighted by atomic mass is 16.5. The summed E-state index contributed by atoms with van der Waals surface area (Å²) in [4.78, 5) is 0. The molecule has 0 aliphatic carbocycles. The predicted octanol–water partition coefficient (Wildman–Crippen LogP) is 3.13. The molecule has 0 fully saturated rings. The quantitative estimate of drug-likeness (QED) is 0.582. The van der Waals surface area contributed by atoms with Crippen LogP contribution >= 0.6 is 0 Å². The SMILES string of the molecule is CCCCCCNCc1ccc(OCCO)c(OCC)c1. The average Bonchev–Trinajstić information content (AvgIpc) is 2.50. The van der Waals surface area contributed by atoms with E-state index in [9.17, 15) is 0 Å². The standard InChI is InChI=1S/C17H29NO3/c1-3-5-6-7-10-18-14-15-8-9-16(21-12-11-19)17(13-15)20-4-2/h8-9,13,18-19H,3-7,10-12,14H2,1-2H3. The Morgan fingerprint density at radius 2 is 1.90 bits per heavy atom. The Balaban J connectivity index is 2.45. The smallest absolute Gasteiger partial charge is 0.161 e. The minimum atomic E-state index is 0.00658. The Morgan fingerprint density at radius 1 is 1.05 bits per heavy atom. The number of hydrogen-bond acceptors (Lipinski definition) is 4. The molecule has 0 heterocycles. The largest absolute Gasteiger partial charge is 0.490 e. The summed E-state index contributed by atoms with van der Waals surface area (Å²) in [5, 5.41) is 12.3. The summed E-state index contributed by atoms with van der Waals surface area (Å²) in [6.45, 7) is 6.96. The summed E-state index contributed by atoms with van der Waals surface area (Å²) < 4.78 is 11.1. The highest BCUT2D eigenvalue weighted by molar-refractivity contribution is 5.43. The number of benzene rings is 1. The second kappa shape index (κ2) is 11.4. The second-order valence-corrected chi connectivity index (χ2v) is 5.02. The zero-order valence-electron chi connectivity index (χ0n) is 13.4. The number of ether oxygens (including phenoxy) is 2. The Hall–Kier alpha value is -1.26. The Bertz CT molecular complexity index is 382. The molecule has 21 heavy (non-hydrogen) atoms. The molecule has 0 bridgehead atoms. The third-order valence-electron chi connectivity index (χ3n) is 3.19. The van der Waals surface area contributed by atoms with Gasteiger partial charge >= 0.3 is 0 Å². The van der Waals surface area contributed by atoms with Gasteiger partial charge in [-0.15, -0.1) is 0 Å². The van der Waals surface area contributed by atoms with E-state index in [0.29, 0.717) is 12.4 Å². The van der Waals surface area contributed by atoms with Crippen molar-refractivity contribution in [2.24, 2.45) is 0 Å². The van der Waals surface area contributed by atoms with Gasteiger partial charge in [0.15, 0.2) is 11.5 Å². The number of unbranched alkanes of at least 4 members (excludes halogenated alkanes) is 3. The van der Waals surface area contributed by atoms with Gasteiger partial charge in [0, 0.05) is 6.54 Å². The molecule has 0 spiro atoms. The summed E-state index contributed by atoms with van der Waals surface area (Å²) in [5.74, 6) is 1.44. The van der Waals surface area contributed by atoms with E-state index < -0.39 is 0 Å². The summed E-state index contributed by atoms with van der Waals surface area (Å²) >= 11 is 0. The van der Waals surface area contributed by atoms with E-state index in [-0.39, 0.29) is 13.2 Å². The third-order valence-corrected chi connectivity index (χ3v) is 3.19. The second-order valence-electron chi connectivity index (χ2n) is 5.02. The van der Waals surface area contributed by atoms with E-state index in [1.54, 1.807) is 0 Å². The molecule has 4 nitrogen and oxygen atoms in total. The molecule has 0 atom stereocenters. The van der Waals surface area contributed by atoms with E-state index in [1.165, 1.54) is 31.2 Å². The molecule has 0 aromatic heterocycles. The number of aliphatic hydroxyl groups is 1. The van der Waals surface area contributed by atoms with Gasteiger partial charge in [-0.1, -0.05) is 32.3 Å². The third kappa shape index (κ3) is 7.34. The van der Waals surface area contributed by atoms with E-state index in [2.05, 4.69) is 12.2 Å². The zero-order chi connectivity index (χ0) is 15.3. The first-order valence-corrected chi connectivity index (χ1v) is 8.01. The molecule has 0 unspecified atom stereocenters. The topological polar surface area (TPSA) is 50.7 Å². The lowest BCUT2D eigenvalue weighted by Gasteiger charge is -2.13. The van der Waals surface area contributed by atoms with Gasteiger partial charge in [0.1, 0.15) is 6.61 Å². The number of aliphatic hydroxyl groups excluding tert-OH is 1. The van der Waals surface area contributed by atoms with Crippen molar-refractivity contribution in [1.82, 2.24) is 5.32 Å². The molecule has 0 aliphatic rings. The molecule has 0 saturated carbocycles. The maximum absolute atomic E-state index is 8.83. The molecular weight excluding hydrogens is 266 g/mol. The first-order chi connectivity index (χ1) is 10.3. The fraction of sp³-hybridized carbons (Fsp3) is 0.647. The zero-order valence-corrected chi connectivity index (χ0v) is 13.4. The van der Waals surface area contributed by atoms with Gasteiger partial charge in [-0.05, 0) is 37.6 Å². The van der Waals surface area contributed by atoms with Gasteiger partial charge < -0.3 is 19.9 Å². The molecule has 1 aromatic carbocycles. The van der Waals surface area contributed by atoms with Crippen LogP contribution < -0.4 is 14.8 Å². The van der Waals surface area contributed by atoms with Gasteiger partial charge in [0.05, 0.1) is 13.2 Å². The van der Waals surface area contributed by atoms with Crippen molar-refractivity contribution >= 4 is 0 Å². The van der Waals surface area contributed by atoms with Crippen LogP contribution in [0.1, 0.15) is 45.1 Å². The van der Waals surface area contributed by atoms with Crippen LogP contribution in [0.5, 0.6) is 11.5 Å². The van der Waals surface area contributed by atoms with Crippen molar-refractivity contribution in [3.8, 4) is 11.5 Å². The fourth-order valence-corrected chi connectivity index (χ4v) is 2.12. The molecule has 0 saturated heterocycles. The molecule has 120 valence electrons. The van der Waals surface area contributed by atoms with Crippen molar-refractivity contribution in [3.05, 3.63) is 23.8 Å². The Morgan fingerprint density at radius 3 is 2.62 bits per heavy atom. The van der Waals surface area contributed by atoms with E-state index in [1.807, 2.05) is 25.1 Å².